The number of nitrogens with one attached hydrogen (secondary N) is 1. The summed E-state index contributed by atoms with van der Waals surface area (Å²) in [5, 5.41) is 2.84. The van der Waals surface area contributed by atoms with Crippen molar-refractivity contribution in [1.82, 2.24) is 20.2 Å². The molecule has 1 unspecified atom stereocenters. The van der Waals surface area contributed by atoms with E-state index in [9.17, 15) is 4.79 Å². The van der Waals surface area contributed by atoms with E-state index in [1.807, 2.05) is 0 Å². The normalized spacial score (nSPS) is 22.5. The van der Waals surface area contributed by atoms with Gasteiger partial charge in [0, 0.05) is 57.8 Å². The van der Waals surface area contributed by atoms with Gasteiger partial charge in [0.2, 0.25) is 5.95 Å². The summed E-state index contributed by atoms with van der Waals surface area (Å²) in [5.74, 6) is 1.72. The van der Waals surface area contributed by atoms with Crippen molar-refractivity contribution in [3.05, 3.63) is 46.8 Å². The first-order chi connectivity index (χ1) is 14.1. The zero-order valence-electron chi connectivity index (χ0n) is 17.0. The maximum Gasteiger partial charge on any atom is 0.254 e. The first-order valence-corrected chi connectivity index (χ1v) is 10.5. The van der Waals surface area contributed by atoms with Gasteiger partial charge in [0.1, 0.15) is 11.9 Å². The Bertz CT molecular complexity index is 939. The highest BCUT2D eigenvalue weighted by Crippen LogP contribution is 2.33. The topological polar surface area (TPSA) is 70.6 Å². The van der Waals surface area contributed by atoms with Crippen LogP contribution in [0.3, 0.4) is 0 Å². The molecule has 3 aliphatic rings. The van der Waals surface area contributed by atoms with Crippen molar-refractivity contribution >= 4 is 11.9 Å². The summed E-state index contributed by atoms with van der Waals surface area (Å²) in [6.07, 6.45) is 3.73. The van der Waals surface area contributed by atoms with Gasteiger partial charge in [-0.2, -0.15) is 0 Å². The number of aromatic nitrogens is 2. The minimum absolute atomic E-state index is 0.0656. The molecular formula is C22H27N5O2. The zero-order valence-corrected chi connectivity index (χ0v) is 17.0. The molecule has 1 aromatic heterocycles. The molecule has 1 saturated heterocycles. The second-order valence-corrected chi connectivity index (χ2v) is 8.24. The lowest BCUT2D eigenvalue weighted by atomic mass is 10.0. The third-order valence-electron chi connectivity index (χ3n) is 6.30. The first-order valence-electron chi connectivity index (χ1n) is 10.5. The number of ether oxygens (including phenoxy) is 1. The predicted molar refractivity (Wildman–Crippen MR) is 111 cm³/mol. The fourth-order valence-corrected chi connectivity index (χ4v) is 4.53. The van der Waals surface area contributed by atoms with Gasteiger partial charge >= 0.3 is 0 Å². The quantitative estimate of drug-likeness (QED) is 0.860. The van der Waals surface area contributed by atoms with Crippen molar-refractivity contribution in [3.63, 3.8) is 0 Å². The highest BCUT2D eigenvalue weighted by Gasteiger charge is 2.27. The Kier molecular flexibility index (Phi) is 4.62. The highest BCUT2D eigenvalue weighted by molar-refractivity contribution is 5.96. The molecule has 1 amide bonds. The van der Waals surface area contributed by atoms with Crippen LogP contribution < -0.4 is 15.0 Å². The Morgan fingerprint density at radius 2 is 2.07 bits per heavy atom. The number of carbonyl (C=O) groups is 1. The molecule has 1 aromatic carbocycles. The van der Waals surface area contributed by atoms with E-state index in [4.69, 9.17) is 4.74 Å². The van der Waals surface area contributed by atoms with E-state index in [-0.39, 0.29) is 12.0 Å². The molecular weight excluding hydrogens is 366 g/mol. The number of carbonyl (C=O) groups excluding carboxylic acids is 1. The standard InChI is InChI=1S/C22H27N5O2/c1-14-11-17-4-3-16(12-20(17)29-14)15(2)26-7-9-27(10-8-26)22-24-13-18-19(25-22)5-6-23-21(18)28/h3-4,12-15H,5-11H2,1-2H3,(H,23,28)/t14-,15?/m0/s1. The molecule has 152 valence electrons. The summed E-state index contributed by atoms with van der Waals surface area (Å²) in [5.41, 5.74) is 4.10. The van der Waals surface area contributed by atoms with Gasteiger partial charge in [-0.25, -0.2) is 9.97 Å². The lowest BCUT2D eigenvalue weighted by Gasteiger charge is -2.38. The lowest BCUT2D eigenvalue weighted by Crippen LogP contribution is -2.48. The lowest BCUT2D eigenvalue weighted by molar-refractivity contribution is 0.0944. The van der Waals surface area contributed by atoms with Gasteiger partial charge in [-0.05, 0) is 31.0 Å². The summed E-state index contributed by atoms with van der Waals surface area (Å²) < 4.78 is 5.94. The summed E-state index contributed by atoms with van der Waals surface area (Å²) in [7, 11) is 0. The third kappa shape index (κ3) is 3.44. The number of fused-ring (bicyclic) bond motifs is 2. The number of anilines is 1. The van der Waals surface area contributed by atoms with Gasteiger partial charge in [-0.15, -0.1) is 0 Å². The summed E-state index contributed by atoms with van der Waals surface area (Å²) in [6.45, 7) is 8.71. The van der Waals surface area contributed by atoms with E-state index in [2.05, 4.69) is 57.1 Å². The number of nitrogens with zero attached hydrogens (tertiary/aromatic N) is 4. The van der Waals surface area contributed by atoms with Crippen molar-refractivity contribution in [3.8, 4) is 5.75 Å². The number of hydrogen-bond acceptors (Lipinski definition) is 6. The molecule has 7 nitrogen and oxygen atoms in total. The molecule has 0 saturated carbocycles. The molecule has 29 heavy (non-hydrogen) atoms. The fraction of sp³-hybridized carbons (Fsp3) is 0.500. The van der Waals surface area contributed by atoms with Crippen LogP contribution in [0.4, 0.5) is 5.95 Å². The number of amides is 1. The van der Waals surface area contributed by atoms with E-state index in [0.717, 1.165) is 56.4 Å². The average Bonchev–Trinajstić information content (AvgIpc) is 3.12. The van der Waals surface area contributed by atoms with Crippen LogP contribution in [0.15, 0.2) is 24.4 Å². The third-order valence-corrected chi connectivity index (χ3v) is 6.30. The van der Waals surface area contributed by atoms with Gasteiger partial charge in [-0.3, -0.25) is 9.69 Å². The van der Waals surface area contributed by atoms with E-state index >= 15 is 0 Å². The molecule has 2 aromatic rings. The number of benzene rings is 1. The Hall–Kier alpha value is -2.67. The van der Waals surface area contributed by atoms with Crippen LogP contribution in [0.5, 0.6) is 5.75 Å². The van der Waals surface area contributed by atoms with Crippen molar-refractivity contribution in [1.29, 1.82) is 0 Å². The SMILES string of the molecule is CC(c1ccc2c(c1)O[C@@H](C)C2)N1CCN(c2ncc3c(n2)CCNC3=O)CC1. The van der Waals surface area contributed by atoms with Crippen LogP contribution in [0, 0.1) is 0 Å². The molecule has 5 rings (SSSR count). The van der Waals surface area contributed by atoms with E-state index < -0.39 is 0 Å². The minimum atomic E-state index is -0.0656. The molecule has 0 bridgehead atoms. The predicted octanol–water partition coefficient (Wildman–Crippen LogP) is 1.97. The second-order valence-electron chi connectivity index (χ2n) is 8.24. The number of piperazine rings is 1. The molecule has 0 aliphatic carbocycles. The molecule has 3 aliphatic heterocycles. The van der Waals surface area contributed by atoms with Crippen molar-refractivity contribution in [2.45, 2.75) is 38.8 Å². The molecule has 7 heteroatoms. The Balaban J connectivity index is 1.25. The molecule has 4 heterocycles. The largest absolute Gasteiger partial charge is 0.490 e. The van der Waals surface area contributed by atoms with Gasteiger partial charge < -0.3 is 15.0 Å². The molecule has 1 fully saturated rings. The molecule has 2 atom stereocenters. The van der Waals surface area contributed by atoms with Crippen LogP contribution in [-0.4, -0.2) is 59.6 Å². The monoisotopic (exact) mass is 393 g/mol. The van der Waals surface area contributed by atoms with Crippen molar-refractivity contribution in [2.75, 3.05) is 37.6 Å². The maximum atomic E-state index is 11.9. The van der Waals surface area contributed by atoms with E-state index in [0.29, 0.717) is 18.2 Å². The highest BCUT2D eigenvalue weighted by atomic mass is 16.5. The zero-order chi connectivity index (χ0) is 20.0. The van der Waals surface area contributed by atoms with Gasteiger partial charge in [0.05, 0.1) is 11.3 Å². The second kappa shape index (κ2) is 7.30. The maximum absolute atomic E-state index is 11.9. The molecule has 0 radical (unpaired) electrons. The fourth-order valence-electron chi connectivity index (χ4n) is 4.53. The number of hydrogen-bond donors (Lipinski definition) is 1. The summed E-state index contributed by atoms with van der Waals surface area (Å²) >= 11 is 0. The average molecular weight is 393 g/mol. The van der Waals surface area contributed by atoms with Crippen molar-refractivity contribution in [2.24, 2.45) is 0 Å². The van der Waals surface area contributed by atoms with Crippen molar-refractivity contribution < 1.29 is 9.53 Å². The van der Waals surface area contributed by atoms with E-state index in [1.54, 1.807) is 6.20 Å². The Morgan fingerprint density at radius 3 is 2.90 bits per heavy atom. The van der Waals surface area contributed by atoms with Crippen LogP contribution in [0.1, 0.15) is 47.1 Å². The van der Waals surface area contributed by atoms with Gasteiger partial charge in [0.25, 0.3) is 5.91 Å². The molecule has 1 N–H and O–H groups in total. The molecule has 0 spiro atoms. The Labute approximate surface area is 171 Å². The van der Waals surface area contributed by atoms with Gasteiger partial charge in [-0.1, -0.05) is 12.1 Å². The first kappa shape index (κ1) is 18.4. The minimum Gasteiger partial charge on any atom is -0.490 e. The smallest absolute Gasteiger partial charge is 0.254 e. The Morgan fingerprint density at radius 1 is 1.24 bits per heavy atom. The summed E-state index contributed by atoms with van der Waals surface area (Å²) in [6, 6.07) is 7.02. The van der Waals surface area contributed by atoms with Crippen LogP contribution in [-0.2, 0) is 12.8 Å². The number of rotatable bonds is 3. The van der Waals surface area contributed by atoms with Gasteiger partial charge in [0.15, 0.2) is 0 Å². The van der Waals surface area contributed by atoms with E-state index in [1.165, 1.54) is 11.1 Å². The van der Waals surface area contributed by atoms with Crippen LogP contribution in [0.2, 0.25) is 0 Å². The summed E-state index contributed by atoms with van der Waals surface area (Å²) in [4.78, 5) is 25.8. The van der Waals surface area contributed by atoms with Crippen LogP contribution >= 0.6 is 0 Å². The van der Waals surface area contributed by atoms with Crippen LogP contribution in [0.25, 0.3) is 0 Å².